The van der Waals surface area contributed by atoms with E-state index in [1.54, 1.807) is 0 Å². The lowest BCUT2D eigenvalue weighted by Crippen LogP contribution is -2.41. The van der Waals surface area contributed by atoms with E-state index in [0.717, 1.165) is 22.2 Å². The molecule has 2 rings (SSSR count). The average Bonchev–Trinajstić information content (AvgIpc) is 2.82. The third-order valence-corrected chi connectivity index (χ3v) is 3.80. The summed E-state index contributed by atoms with van der Waals surface area (Å²) in [5, 5.41) is 2.90. The van der Waals surface area contributed by atoms with Crippen LogP contribution in [0.1, 0.15) is 31.4 Å². The first-order valence-electron chi connectivity index (χ1n) is 6.94. The van der Waals surface area contributed by atoms with E-state index in [1.165, 1.54) is 5.56 Å². The van der Waals surface area contributed by atoms with Crippen LogP contribution in [0.3, 0.4) is 0 Å². The molecule has 1 aliphatic rings. The SMILES string of the molecule is CC(C)C[C@@H](N)C(=O)NCc1cc(Br)cc2c1OCC2. The van der Waals surface area contributed by atoms with E-state index in [2.05, 4.69) is 41.2 Å². The van der Waals surface area contributed by atoms with Crippen molar-refractivity contribution in [3.63, 3.8) is 0 Å². The maximum Gasteiger partial charge on any atom is 0.237 e. The van der Waals surface area contributed by atoms with Crippen LogP contribution in [0.4, 0.5) is 0 Å². The Morgan fingerprint density at radius 2 is 2.25 bits per heavy atom. The molecule has 5 heteroatoms. The van der Waals surface area contributed by atoms with Gasteiger partial charge in [0.25, 0.3) is 0 Å². The van der Waals surface area contributed by atoms with Gasteiger partial charge >= 0.3 is 0 Å². The van der Waals surface area contributed by atoms with Gasteiger partial charge in [0.15, 0.2) is 0 Å². The first-order chi connectivity index (χ1) is 9.47. The lowest BCUT2D eigenvalue weighted by molar-refractivity contribution is -0.122. The molecular formula is C15H21BrN2O2. The minimum atomic E-state index is -0.448. The molecular weight excluding hydrogens is 320 g/mol. The highest BCUT2D eigenvalue weighted by molar-refractivity contribution is 9.10. The Morgan fingerprint density at radius 3 is 2.95 bits per heavy atom. The maximum absolute atomic E-state index is 11.9. The minimum absolute atomic E-state index is 0.106. The van der Waals surface area contributed by atoms with Crippen LogP contribution in [0, 0.1) is 5.92 Å². The molecule has 20 heavy (non-hydrogen) atoms. The molecule has 0 aliphatic carbocycles. The second-order valence-electron chi connectivity index (χ2n) is 5.61. The van der Waals surface area contributed by atoms with Crippen molar-refractivity contribution in [1.29, 1.82) is 0 Å². The quantitative estimate of drug-likeness (QED) is 0.864. The molecule has 0 spiro atoms. The summed E-state index contributed by atoms with van der Waals surface area (Å²) < 4.78 is 6.65. The van der Waals surface area contributed by atoms with Crippen molar-refractivity contribution in [3.8, 4) is 5.75 Å². The fourth-order valence-electron chi connectivity index (χ4n) is 2.41. The van der Waals surface area contributed by atoms with Gasteiger partial charge in [-0.2, -0.15) is 0 Å². The summed E-state index contributed by atoms with van der Waals surface area (Å²) >= 11 is 3.49. The summed E-state index contributed by atoms with van der Waals surface area (Å²) in [6.07, 6.45) is 1.61. The Labute approximate surface area is 128 Å². The second kappa shape index (κ2) is 6.59. The Morgan fingerprint density at radius 1 is 1.50 bits per heavy atom. The van der Waals surface area contributed by atoms with Gasteiger partial charge in [0.1, 0.15) is 5.75 Å². The molecule has 0 saturated carbocycles. The molecule has 0 bridgehead atoms. The van der Waals surface area contributed by atoms with Gasteiger partial charge < -0.3 is 15.8 Å². The number of halogens is 1. The van der Waals surface area contributed by atoms with Crippen LogP contribution >= 0.6 is 15.9 Å². The van der Waals surface area contributed by atoms with Crippen LogP contribution < -0.4 is 15.8 Å². The number of carbonyl (C=O) groups excluding carboxylic acids is 1. The molecule has 3 N–H and O–H groups in total. The van der Waals surface area contributed by atoms with E-state index >= 15 is 0 Å². The fraction of sp³-hybridized carbons (Fsp3) is 0.533. The number of fused-ring (bicyclic) bond motifs is 1. The van der Waals surface area contributed by atoms with E-state index < -0.39 is 6.04 Å². The van der Waals surface area contributed by atoms with E-state index in [-0.39, 0.29) is 5.91 Å². The monoisotopic (exact) mass is 340 g/mol. The van der Waals surface area contributed by atoms with Crippen molar-refractivity contribution in [1.82, 2.24) is 5.32 Å². The highest BCUT2D eigenvalue weighted by Gasteiger charge is 2.19. The second-order valence-corrected chi connectivity index (χ2v) is 6.52. The van der Waals surface area contributed by atoms with Gasteiger partial charge in [0, 0.05) is 23.0 Å². The lowest BCUT2D eigenvalue weighted by Gasteiger charge is -2.15. The zero-order valence-electron chi connectivity index (χ0n) is 11.9. The number of hydrogen-bond donors (Lipinski definition) is 2. The Kier molecular flexibility index (Phi) is 5.05. The van der Waals surface area contributed by atoms with Gasteiger partial charge in [-0.15, -0.1) is 0 Å². The standard InChI is InChI=1S/C15H21BrN2O2/c1-9(2)5-13(17)15(19)18-8-11-7-12(16)6-10-3-4-20-14(10)11/h6-7,9,13H,3-5,8,17H2,1-2H3,(H,18,19)/t13-/m1/s1. The van der Waals surface area contributed by atoms with Crippen LogP contribution in [0.25, 0.3) is 0 Å². The summed E-state index contributed by atoms with van der Waals surface area (Å²) in [4.78, 5) is 11.9. The van der Waals surface area contributed by atoms with Gasteiger partial charge in [-0.1, -0.05) is 29.8 Å². The zero-order chi connectivity index (χ0) is 14.7. The predicted octanol–water partition coefficient (Wildman–Crippen LogP) is 2.37. The normalized spacial score (nSPS) is 14.8. The van der Waals surface area contributed by atoms with E-state index in [0.29, 0.717) is 25.5 Å². The van der Waals surface area contributed by atoms with Gasteiger partial charge in [-0.25, -0.2) is 0 Å². The predicted molar refractivity (Wildman–Crippen MR) is 82.6 cm³/mol. The molecule has 0 aromatic heterocycles. The molecule has 4 nitrogen and oxygen atoms in total. The first kappa shape index (κ1) is 15.3. The fourth-order valence-corrected chi connectivity index (χ4v) is 2.96. The number of nitrogens with two attached hydrogens (primary N) is 1. The third-order valence-electron chi connectivity index (χ3n) is 3.34. The van der Waals surface area contributed by atoms with Gasteiger partial charge in [-0.05, 0) is 30.0 Å². The number of amides is 1. The zero-order valence-corrected chi connectivity index (χ0v) is 13.5. The maximum atomic E-state index is 11.9. The summed E-state index contributed by atoms with van der Waals surface area (Å²) in [6.45, 7) is 5.27. The number of rotatable bonds is 5. The Hall–Kier alpha value is -1.07. The van der Waals surface area contributed by atoms with Gasteiger partial charge in [-0.3, -0.25) is 4.79 Å². The smallest absolute Gasteiger partial charge is 0.237 e. The van der Waals surface area contributed by atoms with Crippen molar-refractivity contribution < 1.29 is 9.53 Å². The molecule has 1 aromatic rings. The van der Waals surface area contributed by atoms with Gasteiger partial charge in [0.05, 0.1) is 12.6 Å². The van der Waals surface area contributed by atoms with Crippen molar-refractivity contribution >= 4 is 21.8 Å². The molecule has 1 amide bonds. The van der Waals surface area contributed by atoms with Crippen molar-refractivity contribution in [2.75, 3.05) is 6.61 Å². The van der Waals surface area contributed by atoms with Crippen LogP contribution in [-0.4, -0.2) is 18.6 Å². The summed E-state index contributed by atoms with van der Waals surface area (Å²) in [7, 11) is 0. The number of hydrogen-bond acceptors (Lipinski definition) is 3. The van der Waals surface area contributed by atoms with Gasteiger partial charge in [0.2, 0.25) is 5.91 Å². The molecule has 0 radical (unpaired) electrons. The van der Waals surface area contributed by atoms with Crippen molar-refractivity contribution in [2.24, 2.45) is 11.7 Å². The first-order valence-corrected chi connectivity index (χ1v) is 7.74. The number of carbonyl (C=O) groups is 1. The molecule has 1 atom stereocenters. The van der Waals surface area contributed by atoms with E-state index in [4.69, 9.17) is 10.5 Å². The minimum Gasteiger partial charge on any atom is -0.493 e. The van der Waals surface area contributed by atoms with Crippen LogP contribution in [-0.2, 0) is 17.8 Å². The molecule has 110 valence electrons. The molecule has 0 unspecified atom stereocenters. The Balaban J connectivity index is 1.99. The summed E-state index contributed by atoms with van der Waals surface area (Å²) in [5.41, 5.74) is 8.06. The topological polar surface area (TPSA) is 64.4 Å². The highest BCUT2D eigenvalue weighted by atomic mass is 79.9. The van der Waals surface area contributed by atoms with Crippen molar-refractivity contribution in [2.45, 2.75) is 39.3 Å². The van der Waals surface area contributed by atoms with Crippen molar-refractivity contribution in [3.05, 3.63) is 27.7 Å². The largest absolute Gasteiger partial charge is 0.493 e. The number of ether oxygens (including phenoxy) is 1. The molecule has 0 fully saturated rings. The molecule has 1 aliphatic heterocycles. The summed E-state index contributed by atoms with van der Waals surface area (Å²) in [6, 6.07) is 3.60. The Bertz CT molecular complexity index is 503. The highest BCUT2D eigenvalue weighted by Crippen LogP contribution is 2.32. The van der Waals surface area contributed by atoms with Crippen LogP contribution in [0.2, 0.25) is 0 Å². The molecule has 1 aromatic carbocycles. The lowest BCUT2D eigenvalue weighted by atomic mass is 10.0. The molecule has 1 heterocycles. The molecule has 0 saturated heterocycles. The number of benzene rings is 1. The van der Waals surface area contributed by atoms with E-state index in [1.807, 2.05) is 6.07 Å². The number of nitrogens with one attached hydrogen (secondary N) is 1. The third kappa shape index (κ3) is 3.73. The summed E-state index contributed by atoms with van der Waals surface area (Å²) in [5.74, 6) is 1.21. The van der Waals surface area contributed by atoms with E-state index in [9.17, 15) is 4.79 Å². The van der Waals surface area contributed by atoms with Crippen LogP contribution in [0.15, 0.2) is 16.6 Å². The average molecular weight is 341 g/mol. The van der Waals surface area contributed by atoms with Crippen LogP contribution in [0.5, 0.6) is 5.75 Å².